The maximum atomic E-state index is 11.8. The lowest BCUT2D eigenvalue weighted by atomic mass is 10.1. The molecule has 6 nitrogen and oxygen atoms in total. The predicted molar refractivity (Wildman–Crippen MR) is 85.9 cm³/mol. The molecule has 0 spiro atoms. The molecule has 1 aromatic carbocycles. The third kappa shape index (κ3) is 4.92. The summed E-state index contributed by atoms with van der Waals surface area (Å²) in [5.41, 5.74) is 0.519. The standard InChI is InChI=1S/C15H18N4O2S/c1-10(2)8-13-18-19-15(22-13)17-12(20)9-16-14(21)11-6-4-3-5-7-11/h3-7,10H,8-9H2,1-2H3,(H,16,21)(H,17,19,20). The highest BCUT2D eigenvalue weighted by atomic mass is 32.1. The molecule has 0 aliphatic heterocycles. The maximum absolute atomic E-state index is 11.8. The lowest BCUT2D eigenvalue weighted by Crippen LogP contribution is -2.32. The van der Waals surface area contributed by atoms with Gasteiger partial charge in [0.15, 0.2) is 0 Å². The van der Waals surface area contributed by atoms with Crippen molar-refractivity contribution in [3.63, 3.8) is 0 Å². The first kappa shape index (κ1) is 16.1. The number of hydrogen-bond donors (Lipinski definition) is 2. The fraction of sp³-hybridized carbons (Fsp3) is 0.333. The Bertz CT molecular complexity index is 640. The van der Waals surface area contributed by atoms with E-state index in [0.717, 1.165) is 11.4 Å². The zero-order chi connectivity index (χ0) is 15.9. The minimum Gasteiger partial charge on any atom is -0.343 e. The van der Waals surface area contributed by atoms with E-state index in [4.69, 9.17) is 0 Å². The highest BCUT2D eigenvalue weighted by molar-refractivity contribution is 7.15. The zero-order valence-corrected chi connectivity index (χ0v) is 13.3. The molecule has 0 aliphatic carbocycles. The smallest absolute Gasteiger partial charge is 0.251 e. The van der Waals surface area contributed by atoms with Gasteiger partial charge in [0.2, 0.25) is 11.0 Å². The molecule has 22 heavy (non-hydrogen) atoms. The summed E-state index contributed by atoms with van der Waals surface area (Å²) in [6, 6.07) is 8.75. The van der Waals surface area contributed by atoms with Crippen LogP contribution in [0.5, 0.6) is 0 Å². The number of nitrogens with one attached hydrogen (secondary N) is 2. The van der Waals surface area contributed by atoms with Gasteiger partial charge in [-0.2, -0.15) is 0 Å². The van der Waals surface area contributed by atoms with Gasteiger partial charge in [-0.15, -0.1) is 10.2 Å². The fourth-order valence-corrected chi connectivity index (χ4v) is 2.72. The maximum Gasteiger partial charge on any atom is 0.251 e. The van der Waals surface area contributed by atoms with Crippen LogP contribution in [0.1, 0.15) is 29.2 Å². The number of amides is 2. The molecule has 0 bridgehead atoms. The van der Waals surface area contributed by atoms with E-state index in [2.05, 4.69) is 34.7 Å². The third-order valence-corrected chi connectivity index (χ3v) is 3.60. The Morgan fingerprint density at radius 1 is 1.18 bits per heavy atom. The number of benzene rings is 1. The Morgan fingerprint density at radius 2 is 1.91 bits per heavy atom. The van der Waals surface area contributed by atoms with Crippen LogP contribution in [0.2, 0.25) is 0 Å². The monoisotopic (exact) mass is 318 g/mol. The molecule has 0 aliphatic rings. The number of carbonyl (C=O) groups is 2. The second-order valence-corrected chi connectivity index (χ2v) is 6.26. The molecular formula is C15H18N4O2S. The van der Waals surface area contributed by atoms with Crippen molar-refractivity contribution < 1.29 is 9.59 Å². The summed E-state index contributed by atoms with van der Waals surface area (Å²) in [7, 11) is 0. The molecular weight excluding hydrogens is 300 g/mol. The molecule has 116 valence electrons. The molecule has 1 aromatic heterocycles. The van der Waals surface area contributed by atoms with E-state index in [1.807, 2.05) is 6.07 Å². The Hall–Kier alpha value is -2.28. The van der Waals surface area contributed by atoms with Gasteiger partial charge in [0, 0.05) is 12.0 Å². The van der Waals surface area contributed by atoms with Crippen molar-refractivity contribution in [1.29, 1.82) is 0 Å². The van der Waals surface area contributed by atoms with Gasteiger partial charge in [-0.3, -0.25) is 14.9 Å². The molecule has 0 atom stereocenters. The van der Waals surface area contributed by atoms with Gasteiger partial charge >= 0.3 is 0 Å². The van der Waals surface area contributed by atoms with Crippen LogP contribution < -0.4 is 10.6 Å². The predicted octanol–water partition coefficient (Wildman–Crippen LogP) is 2.11. The van der Waals surface area contributed by atoms with Crippen molar-refractivity contribution in [1.82, 2.24) is 15.5 Å². The highest BCUT2D eigenvalue weighted by Gasteiger charge is 2.11. The molecule has 2 N–H and O–H groups in total. The summed E-state index contributed by atoms with van der Waals surface area (Å²) < 4.78 is 0. The second-order valence-electron chi connectivity index (χ2n) is 5.20. The van der Waals surface area contributed by atoms with Gasteiger partial charge in [-0.25, -0.2) is 0 Å². The molecule has 2 aromatic rings. The topological polar surface area (TPSA) is 84.0 Å². The molecule has 0 saturated heterocycles. The lowest BCUT2D eigenvalue weighted by molar-refractivity contribution is -0.115. The number of aromatic nitrogens is 2. The van der Waals surface area contributed by atoms with E-state index < -0.39 is 0 Å². The molecule has 2 rings (SSSR count). The van der Waals surface area contributed by atoms with Gasteiger partial charge in [0.1, 0.15) is 5.01 Å². The quantitative estimate of drug-likeness (QED) is 0.854. The largest absolute Gasteiger partial charge is 0.343 e. The summed E-state index contributed by atoms with van der Waals surface area (Å²) in [5, 5.41) is 14.5. The lowest BCUT2D eigenvalue weighted by Gasteiger charge is -2.04. The first-order valence-corrected chi connectivity index (χ1v) is 7.81. The molecule has 0 unspecified atom stereocenters. The van der Waals surface area contributed by atoms with E-state index in [0.29, 0.717) is 16.6 Å². The Morgan fingerprint density at radius 3 is 2.59 bits per heavy atom. The highest BCUT2D eigenvalue weighted by Crippen LogP contribution is 2.17. The van der Waals surface area contributed by atoms with Crippen molar-refractivity contribution in [2.24, 2.45) is 5.92 Å². The summed E-state index contributed by atoms with van der Waals surface area (Å²) in [4.78, 5) is 23.6. The normalized spacial score (nSPS) is 10.5. The van der Waals surface area contributed by atoms with E-state index in [1.165, 1.54) is 11.3 Å². The van der Waals surface area contributed by atoms with Crippen molar-refractivity contribution in [3.8, 4) is 0 Å². The van der Waals surface area contributed by atoms with E-state index >= 15 is 0 Å². The Kier molecular flexibility index (Phi) is 5.60. The van der Waals surface area contributed by atoms with E-state index in [1.54, 1.807) is 24.3 Å². The molecule has 2 amide bonds. The van der Waals surface area contributed by atoms with Crippen LogP contribution in [0.4, 0.5) is 5.13 Å². The fourth-order valence-electron chi connectivity index (χ4n) is 1.75. The molecule has 0 radical (unpaired) electrons. The minimum atomic E-state index is -0.323. The average Bonchev–Trinajstić information content (AvgIpc) is 2.92. The number of carbonyl (C=O) groups excluding carboxylic acids is 2. The second kappa shape index (κ2) is 7.65. The van der Waals surface area contributed by atoms with Crippen LogP contribution in [0.3, 0.4) is 0 Å². The third-order valence-electron chi connectivity index (χ3n) is 2.74. The Balaban J connectivity index is 1.80. The van der Waals surface area contributed by atoms with Crippen LogP contribution >= 0.6 is 11.3 Å². The van der Waals surface area contributed by atoms with Crippen molar-refractivity contribution >= 4 is 28.3 Å². The van der Waals surface area contributed by atoms with Gasteiger partial charge in [0.25, 0.3) is 5.91 Å². The number of hydrogen-bond acceptors (Lipinski definition) is 5. The van der Waals surface area contributed by atoms with Gasteiger partial charge < -0.3 is 5.32 Å². The summed E-state index contributed by atoms with van der Waals surface area (Å²) >= 11 is 1.35. The SMILES string of the molecule is CC(C)Cc1nnc(NC(=O)CNC(=O)c2ccccc2)s1. The van der Waals surface area contributed by atoms with Crippen molar-refractivity contribution in [3.05, 3.63) is 40.9 Å². The Labute approximate surface area is 133 Å². The summed E-state index contributed by atoms with van der Waals surface area (Å²) in [5.74, 6) is -0.119. The van der Waals surface area contributed by atoms with E-state index in [9.17, 15) is 9.59 Å². The molecule has 7 heteroatoms. The van der Waals surface area contributed by atoms with Gasteiger partial charge in [0.05, 0.1) is 6.54 Å². The van der Waals surface area contributed by atoms with Gasteiger partial charge in [-0.05, 0) is 18.1 Å². The van der Waals surface area contributed by atoms with Crippen molar-refractivity contribution in [2.75, 3.05) is 11.9 Å². The molecule has 0 saturated carbocycles. The average molecular weight is 318 g/mol. The van der Waals surface area contributed by atoms with E-state index in [-0.39, 0.29) is 18.4 Å². The first-order chi connectivity index (χ1) is 10.5. The van der Waals surface area contributed by atoms with Crippen LogP contribution in [-0.4, -0.2) is 28.6 Å². The van der Waals surface area contributed by atoms with Crippen molar-refractivity contribution in [2.45, 2.75) is 20.3 Å². The zero-order valence-electron chi connectivity index (χ0n) is 12.5. The van der Waals surface area contributed by atoms with Gasteiger partial charge in [-0.1, -0.05) is 43.4 Å². The number of anilines is 1. The molecule has 0 fully saturated rings. The summed E-state index contributed by atoms with van der Waals surface area (Å²) in [6.45, 7) is 4.09. The minimum absolute atomic E-state index is 0.104. The number of rotatable bonds is 6. The van der Waals surface area contributed by atoms with Crippen LogP contribution in [0.25, 0.3) is 0 Å². The van der Waals surface area contributed by atoms with Crippen LogP contribution in [-0.2, 0) is 11.2 Å². The summed E-state index contributed by atoms with van der Waals surface area (Å²) in [6.07, 6.45) is 0.832. The number of nitrogens with zero attached hydrogens (tertiary/aromatic N) is 2. The van der Waals surface area contributed by atoms with Crippen LogP contribution in [0, 0.1) is 5.92 Å². The first-order valence-electron chi connectivity index (χ1n) is 7.00. The molecule has 1 heterocycles. The van der Waals surface area contributed by atoms with Crippen LogP contribution in [0.15, 0.2) is 30.3 Å².